The first kappa shape index (κ1) is 14.2. The molecule has 0 spiro atoms. The third-order valence-corrected chi connectivity index (χ3v) is 2.68. The number of nitrogens with one attached hydrogen (secondary N) is 2. The minimum Gasteiger partial charge on any atom is -0.344 e. The van der Waals surface area contributed by atoms with Crippen molar-refractivity contribution in [3.8, 4) is 6.07 Å². The van der Waals surface area contributed by atoms with Gasteiger partial charge in [-0.1, -0.05) is 0 Å². The lowest BCUT2D eigenvalue weighted by Gasteiger charge is -2.06. The fraction of sp³-hybridized carbons (Fsp3) is 0.0667. The molecule has 0 bridgehead atoms. The van der Waals surface area contributed by atoms with Gasteiger partial charge in [0.15, 0.2) is 0 Å². The number of amides is 2. The van der Waals surface area contributed by atoms with E-state index in [1.807, 2.05) is 6.07 Å². The zero-order chi connectivity index (χ0) is 15.1. The van der Waals surface area contributed by atoms with Crippen LogP contribution >= 0.6 is 0 Å². The number of nitriles is 1. The van der Waals surface area contributed by atoms with Crippen LogP contribution in [0.3, 0.4) is 0 Å². The van der Waals surface area contributed by atoms with Crippen molar-refractivity contribution in [2.75, 3.05) is 5.32 Å². The molecule has 0 fully saturated rings. The zero-order valence-electron chi connectivity index (χ0n) is 11.0. The molecular weight excluding hydrogens is 268 g/mol. The number of hydrogen-bond acceptors (Lipinski definition) is 4. The Morgan fingerprint density at radius 3 is 2.33 bits per heavy atom. The summed E-state index contributed by atoms with van der Waals surface area (Å²) in [5, 5.41) is 13.6. The third-order valence-electron chi connectivity index (χ3n) is 2.68. The Bertz CT molecular complexity index is 675. The van der Waals surface area contributed by atoms with Crippen molar-refractivity contribution in [2.24, 2.45) is 0 Å². The summed E-state index contributed by atoms with van der Waals surface area (Å²) in [4.78, 5) is 27.2. The molecule has 6 nitrogen and oxygen atoms in total. The number of benzene rings is 1. The van der Waals surface area contributed by atoms with Crippen molar-refractivity contribution in [1.29, 1.82) is 5.26 Å². The van der Waals surface area contributed by atoms with Gasteiger partial charge in [-0.25, -0.2) is 0 Å². The van der Waals surface area contributed by atoms with Crippen molar-refractivity contribution in [1.82, 2.24) is 10.3 Å². The molecule has 21 heavy (non-hydrogen) atoms. The van der Waals surface area contributed by atoms with Crippen LogP contribution in [0.4, 0.5) is 5.69 Å². The fourth-order valence-electron chi connectivity index (χ4n) is 1.58. The molecule has 104 valence electrons. The average molecular weight is 280 g/mol. The number of anilines is 1. The number of rotatable bonds is 3. The molecule has 2 aromatic rings. The van der Waals surface area contributed by atoms with Crippen molar-refractivity contribution >= 4 is 17.5 Å². The van der Waals surface area contributed by atoms with Crippen LogP contribution in [-0.4, -0.2) is 16.8 Å². The van der Waals surface area contributed by atoms with Gasteiger partial charge in [0.05, 0.1) is 11.6 Å². The lowest BCUT2D eigenvalue weighted by molar-refractivity contribution is -0.136. The highest BCUT2D eigenvalue weighted by Crippen LogP contribution is 2.08. The molecule has 6 heteroatoms. The van der Waals surface area contributed by atoms with Crippen molar-refractivity contribution < 1.29 is 9.59 Å². The van der Waals surface area contributed by atoms with E-state index in [1.165, 1.54) is 0 Å². The molecule has 2 rings (SSSR count). The van der Waals surface area contributed by atoms with E-state index >= 15 is 0 Å². The maximum atomic E-state index is 11.7. The summed E-state index contributed by atoms with van der Waals surface area (Å²) < 4.78 is 0. The highest BCUT2D eigenvalue weighted by molar-refractivity contribution is 6.39. The van der Waals surface area contributed by atoms with Gasteiger partial charge in [0, 0.05) is 24.6 Å². The second kappa shape index (κ2) is 6.82. The Balaban J connectivity index is 1.87. The molecule has 0 atom stereocenters. The summed E-state index contributed by atoms with van der Waals surface area (Å²) in [5.41, 5.74) is 1.79. The number of hydrogen-bond donors (Lipinski definition) is 2. The van der Waals surface area contributed by atoms with Crippen LogP contribution in [0.2, 0.25) is 0 Å². The molecule has 1 aromatic heterocycles. The van der Waals surface area contributed by atoms with Gasteiger partial charge in [0.25, 0.3) is 0 Å². The standard InChI is InChI=1S/C15H12N4O2/c16-9-11-1-3-13(4-2-11)19-15(21)14(20)18-10-12-5-7-17-8-6-12/h1-8H,10H2,(H,18,20)(H,19,21). The molecule has 1 heterocycles. The lowest BCUT2D eigenvalue weighted by Crippen LogP contribution is -2.34. The lowest BCUT2D eigenvalue weighted by atomic mass is 10.2. The predicted molar refractivity (Wildman–Crippen MR) is 75.9 cm³/mol. The van der Waals surface area contributed by atoms with Gasteiger partial charge in [0.1, 0.15) is 0 Å². The van der Waals surface area contributed by atoms with Gasteiger partial charge in [-0.3, -0.25) is 14.6 Å². The largest absolute Gasteiger partial charge is 0.344 e. The summed E-state index contributed by atoms with van der Waals surface area (Å²) in [6.45, 7) is 0.252. The highest BCUT2D eigenvalue weighted by Gasteiger charge is 2.13. The third kappa shape index (κ3) is 4.14. The molecule has 2 amide bonds. The molecule has 0 radical (unpaired) electrons. The first-order valence-electron chi connectivity index (χ1n) is 6.17. The highest BCUT2D eigenvalue weighted by atomic mass is 16.2. The topological polar surface area (TPSA) is 94.9 Å². The molecule has 0 saturated carbocycles. The SMILES string of the molecule is N#Cc1ccc(NC(=O)C(=O)NCc2ccncc2)cc1. The van der Waals surface area contributed by atoms with Crippen LogP contribution in [-0.2, 0) is 16.1 Å². The van der Waals surface area contributed by atoms with Crippen LogP contribution < -0.4 is 10.6 Å². The van der Waals surface area contributed by atoms with E-state index in [0.717, 1.165) is 5.56 Å². The maximum Gasteiger partial charge on any atom is 0.313 e. The number of nitrogens with zero attached hydrogens (tertiary/aromatic N) is 2. The monoisotopic (exact) mass is 280 g/mol. The summed E-state index contributed by atoms with van der Waals surface area (Å²) in [5.74, 6) is -1.48. The predicted octanol–water partition coefficient (Wildman–Crippen LogP) is 1.21. The minimum absolute atomic E-state index is 0.252. The van der Waals surface area contributed by atoms with Crippen LogP contribution in [0.15, 0.2) is 48.8 Å². The van der Waals surface area contributed by atoms with Crippen LogP contribution in [0.1, 0.15) is 11.1 Å². The van der Waals surface area contributed by atoms with E-state index in [4.69, 9.17) is 5.26 Å². The summed E-state index contributed by atoms with van der Waals surface area (Å²) >= 11 is 0. The van der Waals surface area contributed by atoms with E-state index in [9.17, 15) is 9.59 Å². The van der Waals surface area contributed by atoms with Crippen molar-refractivity contribution in [2.45, 2.75) is 6.54 Å². The van der Waals surface area contributed by atoms with Crippen LogP contribution in [0, 0.1) is 11.3 Å². The van der Waals surface area contributed by atoms with Gasteiger partial charge in [-0.15, -0.1) is 0 Å². The zero-order valence-corrected chi connectivity index (χ0v) is 11.0. The molecule has 1 aromatic carbocycles. The van der Waals surface area contributed by atoms with E-state index in [1.54, 1.807) is 48.8 Å². The van der Waals surface area contributed by atoms with Crippen molar-refractivity contribution in [3.05, 3.63) is 59.9 Å². The Labute approximate surface area is 121 Å². The number of carbonyl (C=O) groups excluding carboxylic acids is 2. The normalized spacial score (nSPS) is 9.48. The molecule has 0 saturated heterocycles. The number of aromatic nitrogens is 1. The van der Waals surface area contributed by atoms with Gasteiger partial charge < -0.3 is 10.6 Å². The molecule has 0 unspecified atom stereocenters. The van der Waals surface area contributed by atoms with Crippen LogP contribution in [0.5, 0.6) is 0 Å². The first-order valence-corrected chi connectivity index (χ1v) is 6.17. The second-order valence-corrected chi connectivity index (χ2v) is 4.18. The van der Waals surface area contributed by atoms with E-state index in [0.29, 0.717) is 11.3 Å². The van der Waals surface area contributed by atoms with Gasteiger partial charge in [-0.05, 0) is 42.0 Å². The molecular formula is C15H12N4O2. The molecule has 0 aliphatic rings. The quantitative estimate of drug-likeness (QED) is 0.826. The smallest absolute Gasteiger partial charge is 0.313 e. The van der Waals surface area contributed by atoms with Crippen molar-refractivity contribution in [3.63, 3.8) is 0 Å². The van der Waals surface area contributed by atoms with E-state index < -0.39 is 11.8 Å². The number of pyridine rings is 1. The van der Waals surface area contributed by atoms with E-state index in [2.05, 4.69) is 15.6 Å². The maximum absolute atomic E-state index is 11.7. The van der Waals surface area contributed by atoms with Gasteiger partial charge in [-0.2, -0.15) is 5.26 Å². The second-order valence-electron chi connectivity index (χ2n) is 4.18. The molecule has 2 N–H and O–H groups in total. The number of carbonyl (C=O) groups is 2. The average Bonchev–Trinajstić information content (AvgIpc) is 2.54. The Morgan fingerprint density at radius 2 is 1.71 bits per heavy atom. The Kier molecular flexibility index (Phi) is 4.62. The van der Waals surface area contributed by atoms with Gasteiger partial charge in [0.2, 0.25) is 0 Å². The molecule has 0 aliphatic carbocycles. The Morgan fingerprint density at radius 1 is 1.05 bits per heavy atom. The van der Waals surface area contributed by atoms with Gasteiger partial charge >= 0.3 is 11.8 Å². The fourth-order valence-corrected chi connectivity index (χ4v) is 1.58. The first-order chi connectivity index (χ1) is 10.2. The molecule has 0 aliphatic heterocycles. The summed E-state index contributed by atoms with van der Waals surface area (Å²) in [6, 6.07) is 11.7. The van der Waals surface area contributed by atoms with E-state index in [-0.39, 0.29) is 6.54 Å². The minimum atomic E-state index is -0.756. The Hall–Kier alpha value is -3.20. The van der Waals surface area contributed by atoms with Crippen LogP contribution in [0.25, 0.3) is 0 Å². The summed E-state index contributed by atoms with van der Waals surface area (Å²) in [7, 11) is 0. The summed E-state index contributed by atoms with van der Waals surface area (Å²) in [6.07, 6.45) is 3.22.